The first-order valence-electron chi connectivity index (χ1n) is 6.19. The third kappa shape index (κ3) is 2.49. The van der Waals surface area contributed by atoms with Gasteiger partial charge in [-0.05, 0) is 19.8 Å². The number of aromatic amines is 1. The van der Waals surface area contributed by atoms with Gasteiger partial charge in [0.2, 0.25) is 0 Å². The largest absolute Gasteiger partial charge is 0.481 e. The Morgan fingerprint density at radius 3 is 2.50 bits per heavy atom. The highest BCUT2D eigenvalue weighted by atomic mass is 16.6. The molecule has 0 atom stereocenters. The lowest BCUT2D eigenvalue weighted by Crippen LogP contribution is -2.45. The van der Waals surface area contributed by atoms with E-state index in [1.165, 1.54) is 17.2 Å². The summed E-state index contributed by atoms with van der Waals surface area (Å²) in [6.45, 7) is 2.32. The van der Waals surface area contributed by atoms with E-state index in [0.717, 1.165) is 0 Å². The Balaban J connectivity index is 2.04. The van der Waals surface area contributed by atoms with Gasteiger partial charge in [-0.3, -0.25) is 19.7 Å². The first-order chi connectivity index (χ1) is 9.33. The van der Waals surface area contributed by atoms with Crippen LogP contribution < -0.4 is 0 Å². The number of rotatable bonds is 3. The molecule has 0 aliphatic carbocycles. The molecule has 1 aliphatic rings. The molecule has 2 heterocycles. The van der Waals surface area contributed by atoms with Crippen LogP contribution >= 0.6 is 0 Å². The molecule has 1 saturated heterocycles. The molecule has 0 spiro atoms. The Labute approximate surface area is 114 Å². The molecule has 0 radical (unpaired) electrons. The Bertz CT molecular complexity index is 557. The van der Waals surface area contributed by atoms with Crippen molar-refractivity contribution < 1.29 is 19.6 Å². The van der Waals surface area contributed by atoms with E-state index in [1.54, 1.807) is 6.92 Å². The van der Waals surface area contributed by atoms with Gasteiger partial charge in [-0.1, -0.05) is 0 Å². The molecule has 1 fully saturated rings. The summed E-state index contributed by atoms with van der Waals surface area (Å²) in [7, 11) is 0. The van der Waals surface area contributed by atoms with Crippen LogP contribution in [-0.2, 0) is 4.79 Å². The van der Waals surface area contributed by atoms with Gasteiger partial charge in [0.1, 0.15) is 5.69 Å². The fourth-order valence-corrected chi connectivity index (χ4v) is 2.20. The van der Waals surface area contributed by atoms with Gasteiger partial charge in [0.25, 0.3) is 11.6 Å². The highest BCUT2D eigenvalue weighted by Crippen LogP contribution is 2.31. The number of carbonyl (C=O) groups excluding carboxylic acids is 1. The minimum atomic E-state index is -0.861. The molecule has 8 heteroatoms. The fraction of sp³-hybridized carbons (Fsp3) is 0.500. The van der Waals surface area contributed by atoms with E-state index in [0.29, 0.717) is 25.9 Å². The monoisotopic (exact) mass is 281 g/mol. The molecule has 0 unspecified atom stereocenters. The van der Waals surface area contributed by atoms with Crippen molar-refractivity contribution in [1.82, 2.24) is 9.88 Å². The van der Waals surface area contributed by atoms with Crippen molar-refractivity contribution in [2.24, 2.45) is 5.41 Å². The number of nitro groups is 1. The van der Waals surface area contributed by atoms with E-state index >= 15 is 0 Å². The van der Waals surface area contributed by atoms with Crippen LogP contribution in [0.3, 0.4) is 0 Å². The summed E-state index contributed by atoms with van der Waals surface area (Å²) >= 11 is 0. The van der Waals surface area contributed by atoms with Crippen molar-refractivity contribution in [2.45, 2.75) is 19.8 Å². The number of amides is 1. The van der Waals surface area contributed by atoms with Crippen molar-refractivity contribution >= 4 is 17.6 Å². The van der Waals surface area contributed by atoms with Crippen LogP contribution in [0.25, 0.3) is 0 Å². The number of hydrogen-bond acceptors (Lipinski definition) is 4. The average Bonchev–Trinajstić information content (AvgIpc) is 2.88. The summed E-state index contributed by atoms with van der Waals surface area (Å²) in [5, 5.41) is 19.7. The third-order valence-electron chi connectivity index (χ3n) is 3.78. The average molecular weight is 281 g/mol. The highest BCUT2D eigenvalue weighted by Gasteiger charge is 2.38. The Kier molecular flexibility index (Phi) is 3.47. The van der Waals surface area contributed by atoms with Crippen molar-refractivity contribution in [2.75, 3.05) is 13.1 Å². The zero-order chi connectivity index (χ0) is 14.9. The van der Waals surface area contributed by atoms with Gasteiger partial charge >= 0.3 is 5.97 Å². The summed E-state index contributed by atoms with van der Waals surface area (Å²) < 4.78 is 0. The molecule has 1 amide bonds. The molecule has 108 valence electrons. The summed E-state index contributed by atoms with van der Waals surface area (Å²) in [6.07, 6.45) is 1.91. The van der Waals surface area contributed by atoms with Crippen LogP contribution in [0, 0.1) is 15.5 Å². The number of likely N-dealkylation sites (tertiary alicyclic amines) is 1. The number of carbonyl (C=O) groups is 2. The van der Waals surface area contributed by atoms with Gasteiger partial charge in [0.15, 0.2) is 0 Å². The maximum atomic E-state index is 12.1. The standard InChI is InChI=1S/C12H15N3O5/c1-12(11(17)18)2-4-14(5-3-12)10(16)9-6-8(7-13-9)15(19)20/h6-7,13H,2-5H2,1H3,(H,17,18). The minimum Gasteiger partial charge on any atom is -0.481 e. The van der Waals surface area contributed by atoms with E-state index < -0.39 is 16.3 Å². The number of aromatic nitrogens is 1. The van der Waals surface area contributed by atoms with Gasteiger partial charge in [0.05, 0.1) is 16.5 Å². The second-order valence-corrected chi connectivity index (χ2v) is 5.19. The summed E-state index contributed by atoms with van der Waals surface area (Å²) in [5.74, 6) is -1.20. The molecule has 8 nitrogen and oxygen atoms in total. The number of H-pyrrole nitrogens is 1. The second-order valence-electron chi connectivity index (χ2n) is 5.19. The molecular weight excluding hydrogens is 266 g/mol. The van der Waals surface area contributed by atoms with Gasteiger partial charge in [-0.15, -0.1) is 0 Å². The number of piperidine rings is 1. The van der Waals surface area contributed by atoms with Crippen molar-refractivity contribution in [3.63, 3.8) is 0 Å². The minimum absolute atomic E-state index is 0.149. The predicted octanol–water partition coefficient (Wildman–Crippen LogP) is 1.25. The van der Waals surface area contributed by atoms with Gasteiger partial charge in [-0.25, -0.2) is 0 Å². The molecule has 1 aromatic heterocycles. The molecule has 2 rings (SSSR count). The molecule has 0 bridgehead atoms. The first kappa shape index (κ1) is 14.0. The van der Waals surface area contributed by atoms with E-state index in [-0.39, 0.29) is 17.3 Å². The van der Waals surface area contributed by atoms with Crippen LogP contribution in [0.4, 0.5) is 5.69 Å². The number of carboxylic acids is 1. The predicted molar refractivity (Wildman–Crippen MR) is 68.3 cm³/mol. The molecule has 2 N–H and O–H groups in total. The topological polar surface area (TPSA) is 117 Å². The van der Waals surface area contributed by atoms with E-state index in [1.807, 2.05) is 0 Å². The zero-order valence-electron chi connectivity index (χ0n) is 11.0. The molecule has 1 aliphatic heterocycles. The van der Waals surface area contributed by atoms with Gasteiger partial charge in [-0.2, -0.15) is 0 Å². The number of aliphatic carboxylic acids is 1. The quantitative estimate of drug-likeness (QED) is 0.638. The van der Waals surface area contributed by atoms with E-state index in [9.17, 15) is 19.7 Å². The molecular formula is C12H15N3O5. The molecule has 20 heavy (non-hydrogen) atoms. The van der Waals surface area contributed by atoms with Gasteiger partial charge in [0, 0.05) is 19.2 Å². The Hall–Kier alpha value is -2.38. The lowest BCUT2D eigenvalue weighted by Gasteiger charge is -2.36. The Morgan fingerprint density at radius 2 is 2.05 bits per heavy atom. The summed E-state index contributed by atoms with van der Waals surface area (Å²) in [4.78, 5) is 37.3. The van der Waals surface area contributed by atoms with Crippen molar-refractivity contribution in [3.8, 4) is 0 Å². The SMILES string of the molecule is CC1(C(=O)O)CCN(C(=O)c2cc([N+](=O)[O-])c[nH]2)CC1. The number of hydrogen-bond donors (Lipinski definition) is 2. The third-order valence-corrected chi connectivity index (χ3v) is 3.78. The first-order valence-corrected chi connectivity index (χ1v) is 6.19. The number of nitrogens with zero attached hydrogens (tertiary/aromatic N) is 2. The van der Waals surface area contributed by atoms with Crippen LogP contribution in [-0.4, -0.2) is 44.9 Å². The van der Waals surface area contributed by atoms with Crippen LogP contribution in [0.15, 0.2) is 12.3 Å². The normalized spacial score (nSPS) is 17.8. The summed E-state index contributed by atoms with van der Waals surface area (Å²) in [6, 6.07) is 1.19. The Morgan fingerprint density at radius 1 is 1.45 bits per heavy atom. The number of carboxylic acid groups (broad SMARTS) is 1. The fourth-order valence-electron chi connectivity index (χ4n) is 2.20. The molecule has 0 aromatic carbocycles. The maximum Gasteiger partial charge on any atom is 0.309 e. The lowest BCUT2D eigenvalue weighted by molar-refractivity contribution is -0.384. The lowest BCUT2D eigenvalue weighted by atomic mass is 9.80. The maximum absolute atomic E-state index is 12.1. The summed E-state index contributed by atoms with van der Waals surface area (Å²) in [5.41, 5.74) is -0.824. The second kappa shape index (κ2) is 4.95. The van der Waals surface area contributed by atoms with E-state index in [2.05, 4.69) is 4.98 Å². The van der Waals surface area contributed by atoms with Crippen LogP contribution in [0.1, 0.15) is 30.3 Å². The van der Waals surface area contributed by atoms with Crippen LogP contribution in [0.5, 0.6) is 0 Å². The van der Waals surface area contributed by atoms with Crippen LogP contribution in [0.2, 0.25) is 0 Å². The zero-order valence-corrected chi connectivity index (χ0v) is 11.0. The van der Waals surface area contributed by atoms with E-state index in [4.69, 9.17) is 5.11 Å². The molecule has 1 aromatic rings. The smallest absolute Gasteiger partial charge is 0.309 e. The van der Waals surface area contributed by atoms with Crippen molar-refractivity contribution in [3.05, 3.63) is 28.1 Å². The van der Waals surface area contributed by atoms with Crippen molar-refractivity contribution in [1.29, 1.82) is 0 Å². The highest BCUT2D eigenvalue weighted by molar-refractivity contribution is 5.93. The van der Waals surface area contributed by atoms with Gasteiger partial charge < -0.3 is 15.0 Å². The molecule has 0 saturated carbocycles. The number of nitrogens with one attached hydrogen (secondary N) is 1.